The summed E-state index contributed by atoms with van der Waals surface area (Å²) in [5, 5.41) is 3.48. The molecule has 1 unspecified atom stereocenters. The van der Waals surface area contributed by atoms with Gasteiger partial charge in [-0.2, -0.15) is 0 Å². The van der Waals surface area contributed by atoms with Crippen molar-refractivity contribution in [3.8, 4) is 0 Å². The third-order valence-corrected chi connectivity index (χ3v) is 3.88. The summed E-state index contributed by atoms with van der Waals surface area (Å²) in [7, 11) is 0. The Morgan fingerprint density at radius 1 is 1.30 bits per heavy atom. The molecule has 3 rings (SSSR count). The van der Waals surface area contributed by atoms with E-state index < -0.39 is 0 Å². The van der Waals surface area contributed by atoms with Crippen molar-refractivity contribution in [3.05, 3.63) is 23.7 Å². The second kappa shape index (κ2) is 5.51. The van der Waals surface area contributed by atoms with E-state index in [4.69, 9.17) is 9.15 Å². The smallest absolute Gasteiger partial charge is 0.118 e. The Bertz CT molecular complexity index is 451. The molecule has 1 N–H and O–H groups in total. The third-order valence-electron chi connectivity index (χ3n) is 3.88. The topological polar surface area (TPSA) is 37.6 Å². The molecule has 0 radical (unpaired) electrons. The van der Waals surface area contributed by atoms with Crippen LogP contribution in [0.2, 0.25) is 0 Å². The van der Waals surface area contributed by atoms with Crippen LogP contribution in [0.3, 0.4) is 0 Å². The number of furan rings is 1. The fourth-order valence-corrected chi connectivity index (χ4v) is 3.06. The predicted molar refractivity (Wildman–Crippen MR) is 78.5 cm³/mol. The predicted octanol–water partition coefficient (Wildman–Crippen LogP) is 2.53. The number of hydrogen-bond donors (Lipinski definition) is 1. The van der Waals surface area contributed by atoms with E-state index in [1.54, 1.807) is 0 Å². The van der Waals surface area contributed by atoms with Gasteiger partial charge in [-0.3, -0.25) is 4.90 Å². The zero-order valence-corrected chi connectivity index (χ0v) is 12.8. The van der Waals surface area contributed by atoms with Gasteiger partial charge in [0.15, 0.2) is 0 Å². The highest BCUT2D eigenvalue weighted by atomic mass is 16.5. The molecule has 1 aromatic rings. The lowest BCUT2D eigenvalue weighted by Gasteiger charge is -2.41. The molecule has 0 bridgehead atoms. The summed E-state index contributed by atoms with van der Waals surface area (Å²) >= 11 is 0. The minimum absolute atomic E-state index is 0.0688. The quantitative estimate of drug-likeness (QED) is 0.898. The van der Waals surface area contributed by atoms with Crippen molar-refractivity contribution in [2.24, 2.45) is 0 Å². The van der Waals surface area contributed by atoms with Gasteiger partial charge < -0.3 is 14.5 Å². The number of nitrogens with one attached hydrogen (secondary N) is 1. The molecule has 0 amide bonds. The Morgan fingerprint density at radius 2 is 2.05 bits per heavy atom. The van der Waals surface area contributed by atoms with Gasteiger partial charge in [-0.15, -0.1) is 0 Å². The molecular weight excluding hydrogens is 252 g/mol. The molecule has 0 spiro atoms. The maximum Gasteiger partial charge on any atom is 0.118 e. The second-order valence-corrected chi connectivity index (χ2v) is 6.88. The van der Waals surface area contributed by atoms with Crippen LogP contribution in [0.5, 0.6) is 0 Å². The van der Waals surface area contributed by atoms with E-state index >= 15 is 0 Å². The first kappa shape index (κ1) is 14.1. The summed E-state index contributed by atoms with van der Waals surface area (Å²) in [6.07, 6.45) is 2.91. The monoisotopic (exact) mass is 278 g/mol. The van der Waals surface area contributed by atoms with Crippen LogP contribution in [0.15, 0.2) is 16.5 Å². The Hall–Kier alpha value is -0.840. The van der Waals surface area contributed by atoms with Gasteiger partial charge in [-0.05, 0) is 45.7 Å². The van der Waals surface area contributed by atoms with E-state index in [2.05, 4.69) is 43.1 Å². The summed E-state index contributed by atoms with van der Waals surface area (Å²) < 4.78 is 11.9. The van der Waals surface area contributed by atoms with Crippen LogP contribution in [0.4, 0.5) is 0 Å². The highest BCUT2D eigenvalue weighted by Crippen LogP contribution is 2.23. The molecule has 1 aromatic heterocycles. The van der Waals surface area contributed by atoms with Gasteiger partial charge in [0.2, 0.25) is 0 Å². The lowest BCUT2D eigenvalue weighted by molar-refractivity contribution is -0.131. The molecule has 1 aliphatic heterocycles. The molecule has 4 heteroatoms. The van der Waals surface area contributed by atoms with Crippen molar-refractivity contribution in [3.63, 3.8) is 0 Å². The first-order valence-corrected chi connectivity index (χ1v) is 7.71. The minimum Gasteiger partial charge on any atom is -0.463 e. The Labute approximate surface area is 121 Å². The lowest BCUT2D eigenvalue weighted by Crippen LogP contribution is -2.51. The highest BCUT2D eigenvalue weighted by Gasteiger charge is 2.31. The molecule has 2 fully saturated rings. The van der Waals surface area contributed by atoms with Crippen molar-refractivity contribution in [1.29, 1.82) is 0 Å². The fraction of sp³-hybridized carbons (Fsp3) is 0.750. The maximum absolute atomic E-state index is 5.94. The summed E-state index contributed by atoms with van der Waals surface area (Å²) in [6.45, 7) is 10.1. The number of nitrogens with zero attached hydrogens (tertiary/aromatic N) is 1. The van der Waals surface area contributed by atoms with Crippen molar-refractivity contribution >= 4 is 0 Å². The molecule has 4 nitrogen and oxygen atoms in total. The van der Waals surface area contributed by atoms with Crippen molar-refractivity contribution in [1.82, 2.24) is 10.2 Å². The van der Waals surface area contributed by atoms with Crippen LogP contribution in [0.25, 0.3) is 0 Å². The molecule has 2 heterocycles. The van der Waals surface area contributed by atoms with E-state index in [-0.39, 0.29) is 11.7 Å². The van der Waals surface area contributed by atoms with E-state index in [1.807, 2.05) is 0 Å². The van der Waals surface area contributed by atoms with Crippen molar-refractivity contribution in [2.45, 2.75) is 64.4 Å². The number of hydrogen-bond acceptors (Lipinski definition) is 4. The maximum atomic E-state index is 5.94. The molecule has 1 saturated carbocycles. The third kappa shape index (κ3) is 3.84. The van der Waals surface area contributed by atoms with Crippen LogP contribution >= 0.6 is 0 Å². The van der Waals surface area contributed by atoms with Crippen molar-refractivity contribution in [2.75, 3.05) is 13.1 Å². The van der Waals surface area contributed by atoms with Gasteiger partial charge in [-0.1, -0.05) is 0 Å². The standard InChI is InChI=1S/C16H26N2O2/c1-12-9-18(11-16(2,3)20-12)10-15-7-6-14(19-15)8-17-13-4-5-13/h6-7,12-13,17H,4-5,8-11H2,1-3H3. The number of rotatable bonds is 5. The molecule has 112 valence electrons. The Kier molecular flexibility index (Phi) is 3.89. The Morgan fingerprint density at radius 3 is 2.75 bits per heavy atom. The SMILES string of the molecule is CC1CN(Cc2ccc(CNC3CC3)o2)CC(C)(C)O1. The first-order chi connectivity index (χ1) is 9.50. The van der Waals surface area contributed by atoms with Crippen molar-refractivity contribution < 1.29 is 9.15 Å². The van der Waals surface area contributed by atoms with Crippen LogP contribution in [-0.2, 0) is 17.8 Å². The molecule has 0 aromatic carbocycles. The zero-order valence-electron chi connectivity index (χ0n) is 12.8. The van der Waals surface area contributed by atoms with Crippen LogP contribution in [-0.4, -0.2) is 35.7 Å². The molecule has 2 aliphatic rings. The number of morpholine rings is 1. The zero-order chi connectivity index (χ0) is 14.2. The van der Waals surface area contributed by atoms with Gasteiger partial charge >= 0.3 is 0 Å². The van der Waals surface area contributed by atoms with Crippen LogP contribution < -0.4 is 5.32 Å². The van der Waals surface area contributed by atoms with Gasteiger partial charge in [0.05, 0.1) is 24.8 Å². The fourth-order valence-electron chi connectivity index (χ4n) is 3.06. The molecule has 1 atom stereocenters. The largest absolute Gasteiger partial charge is 0.463 e. The van der Waals surface area contributed by atoms with Crippen LogP contribution in [0.1, 0.15) is 45.1 Å². The van der Waals surface area contributed by atoms with E-state index in [0.29, 0.717) is 0 Å². The van der Waals surface area contributed by atoms with Gasteiger partial charge in [-0.25, -0.2) is 0 Å². The minimum atomic E-state index is -0.0688. The summed E-state index contributed by atoms with van der Waals surface area (Å²) in [5.74, 6) is 2.11. The molecule has 20 heavy (non-hydrogen) atoms. The molecule has 1 saturated heterocycles. The Balaban J connectivity index is 1.53. The van der Waals surface area contributed by atoms with Gasteiger partial charge in [0.1, 0.15) is 11.5 Å². The molecular formula is C16H26N2O2. The summed E-state index contributed by atoms with van der Waals surface area (Å²) in [5.41, 5.74) is -0.0688. The van der Waals surface area contributed by atoms with E-state index in [9.17, 15) is 0 Å². The van der Waals surface area contributed by atoms with Gasteiger partial charge in [0.25, 0.3) is 0 Å². The highest BCUT2D eigenvalue weighted by molar-refractivity contribution is 5.08. The van der Waals surface area contributed by atoms with E-state index in [0.717, 1.165) is 43.7 Å². The normalized spacial score (nSPS) is 26.9. The molecule has 1 aliphatic carbocycles. The summed E-state index contributed by atoms with van der Waals surface area (Å²) in [6, 6.07) is 4.93. The second-order valence-electron chi connectivity index (χ2n) is 6.88. The average Bonchev–Trinajstić information content (AvgIpc) is 3.05. The van der Waals surface area contributed by atoms with Crippen LogP contribution in [0, 0.1) is 0 Å². The number of ether oxygens (including phenoxy) is 1. The first-order valence-electron chi connectivity index (χ1n) is 7.71. The van der Waals surface area contributed by atoms with E-state index in [1.165, 1.54) is 12.8 Å². The lowest BCUT2D eigenvalue weighted by atomic mass is 10.1. The van der Waals surface area contributed by atoms with Gasteiger partial charge in [0, 0.05) is 19.1 Å². The summed E-state index contributed by atoms with van der Waals surface area (Å²) in [4.78, 5) is 2.42. The average molecular weight is 278 g/mol.